The maximum absolute atomic E-state index is 4.83. The summed E-state index contributed by atoms with van der Waals surface area (Å²) in [5.41, 5.74) is 1.28. The van der Waals surface area contributed by atoms with Crippen molar-refractivity contribution in [1.82, 2.24) is 5.32 Å². The number of thioether (sulfide) groups is 1. The minimum Gasteiger partial charge on any atom is -0.358 e. The van der Waals surface area contributed by atoms with Crippen molar-refractivity contribution < 1.29 is 0 Å². The first-order valence-corrected chi connectivity index (χ1v) is 8.56. The average Bonchev–Trinajstić information content (AvgIpc) is 2.39. The van der Waals surface area contributed by atoms with Crippen molar-refractivity contribution >= 4 is 32.9 Å². The second kappa shape index (κ2) is 6.80. The molecule has 1 heterocycles. The molecule has 0 aromatic heterocycles. The summed E-state index contributed by atoms with van der Waals surface area (Å²) in [7, 11) is 0. The molecule has 0 radical (unpaired) electrons. The lowest BCUT2D eigenvalue weighted by molar-refractivity contribution is 0.482. The van der Waals surface area contributed by atoms with Gasteiger partial charge in [-0.3, -0.25) is 4.99 Å². The predicted octanol–water partition coefficient (Wildman–Crippen LogP) is 4.62. The molecule has 19 heavy (non-hydrogen) atoms. The fourth-order valence-electron chi connectivity index (χ4n) is 2.13. The van der Waals surface area contributed by atoms with Gasteiger partial charge in [0.05, 0.1) is 12.1 Å². The van der Waals surface area contributed by atoms with E-state index in [1.54, 1.807) is 0 Å². The van der Waals surface area contributed by atoms with E-state index in [1.165, 1.54) is 17.7 Å². The van der Waals surface area contributed by atoms with Gasteiger partial charge in [0.25, 0.3) is 0 Å². The first kappa shape index (κ1) is 14.9. The highest BCUT2D eigenvalue weighted by atomic mass is 79.9. The largest absolute Gasteiger partial charge is 0.358 e. The molecule has 0 aliphatic carbocycles. The third kappa shape index (κ3) is 4.25. The van der Waals surface area contributed by atoms with Gasteiger partial charge in [-0.1, -0.05) is 53.7 Å². The van der Waals surface area contributed by atoms with E-state index < -0.39 is 0 Å². The Balaban J connectivity index is 2.04. The number of nitrogens with one attached hydrogen (secondary N) is 1. The van der Waals surface area contributed by atoms with Crippen molar-refractivity contribution in [2.45, 2.75) is 39.3 Å². The molecule has 1 N–H and O–H groups in total. The van der Waals surface area contributed by atoms with Crippen LogP contribution in [0.2, 0.25) is 0 Å². The molecule has 1 aliphatic rings. The molecule has 1 aromatic carbocycles. The Morgan fingerprint density at radius 1 is 1.37 bits per heavy atom. The second-order valence-corrected chi connectivity index (χ2v) is 7.30. The van der Waals surface area contributed by atoms with E-state index in [-0.39, 0.29) is 6.04 Å². The van der Waals surface area contributed by atoms with Crippen LogP contribution >= 0.6 is 27.7 Å². The highest BCUT2D eigenvalue weighted by molar-refractivity contribution is 9.10. The third-order valence-corrected chi connectivity index (χ3v) is 4.82. The van der Waals surface area contributed by atoms with Crippen molar-refractivity contribution in [3.05, 3.63) is 34.3 Å². The van der Waals surface area contributed by atoms with Crippen LogP contribution < -0.4 is 5.32 Å². The monoisotopic (exact) mass is 340 g/mol. The number of hydrogen-bond donors (Lipinski definition) is 1. The first-order valence-electron chi connectivity index (χ1n) is 6.79. The van der Waals surface area contributed by atoms with Crippen LogP contribution in [0.1, 0.15) is 38.8 Å². The van der Waals surface area contributed by atoms with Crippen LogP contribution in [0.15, 0.2) is 33.7 Å². The molecular formula is C15H21BrN2S. The van der Waals surface area contributed by atoms with Crippen LogP contribution in [0.25, 0.3) is 0 Å². The summed E-state index contributed by atoms with van der Waals surface area (Å²) in [4.78, 5) is 4.83. The fourth-order valence-corrected chi connectivity index (χ4v) is 3.57. The lowest BCUT2D eigenvalue weighted by Gasteiger charge is -2.25. The van der Waals surface area contributed by atoms with Crippen molar-refractivity contribution in [1.29, 1.82) is 0 Å². The molecule has 0 amide bonds. The molecule has 0 spiro atoms. The Bertz CT molecular complexity index is 459. The van der Waals surface area contributed by atoms with Gasteiger partial charge in [-0.15, -0.1) is 0 Å². The molecule has 1 aliphatic heterocycles. The number of nitrogens with zero attached hydrogens (tertiary/aromatic N) is 1. The van der Waals surface area contributed by atoms with E-state index in [4.69, 9.17) is 4.99 Å². The molecule has 2 unspecified atom stereocenters. The normalized spacial score (nSPS) is 21.1. The van der Waals surface area contributed by atoms with Crippen LogP contribution in [0.4, 0.5) is 0 Å². The number of aliphatic imine (C=N–C) groups is 1. The number of benzene rings is 1. The van der Waals surface area contributed by atoms with E-state index in [9.17, 15) is 0 Å². The Morgan fingerprint density at radius 2 is 2.16 bits per heavy atom. The molecule has 104 valence electrons. The summed E-state index contributed by atoms with van der Waals surface area (Å²) in [6.45, 7) is 6.68. The average molecular weight is 341 g/mol. The third-order valence-electron chi connectivity index (χ3n) is 3.39. The van der Waals surface area contributed by atoms with Gasteiger partial charge in [0, 0.05) is 10.2 Å². The molecule has 4 heteroatoms. The van der Waals surface area contributed by atoms with Crippen LogP contribution in [0.3, 0.4) is 0 Å². The number of hydrogen-bond acceptors (Lipinski definition) is 3. The van der Waals surface area contributed by atoms with Gasteiger partial charge in [-0.05, 0) is 37.0 Å². The van der Waals surface area contributed by atoms with Crippen molar-refractivity contribution in [3.8, 4) is 0 Å². The lowest BCUT2D eigenvalue weighted by atomic mass is 10.0. The molecule has 1 aromatic rings. The van der Waals surface area contributed by atoms with Crippen molar-refractivity contribution in [3.63, 3.8) is 0 Å². The highest BCUT2D eigenvalue weighted by Crippen LogP contribution is 2.24. The molecule has 0 bridgehead atoms. The van der Waals surface area contributed by atoms with Crippen LogP contribution in [0, 0.1) is 5.92 Å². The Hall–Kier alpha value is -0.480. The van der Waals surface area contributed by atoms with Crippen molar-refractivity contribution in [2.75, 3.05) is 5.75 Å². The molecule has 2 rings (SSSR count). The van der Waals surface area contributed by atoms with Crippen LogP contribution in [-0.2, 0) is 0 Å². The number of amidine groups is 1. The van der Waals surface area contributed by atoms with Gasteiger partial charge in [-0.25, -0.2) is 0 Å². The standard InChI is InChI=1S/C15H21BrN2S/c1-10(2)14-7-8-19-15(18-14)17-11(3)12-5-4-6-13(16)9-12/h4-6,9-11,14H,7-8H2,1-3H3,(H,17,18). The minimum atomic E-state index is 0.287. The molecular weight excluding hydrogens is 320 g/mol. The topological polar surface area (TPSA) is 24.4 Å². The molecule has 2 atom stereocenters. The summed E-state index contributed by atoms with van der Waals surface area (Å²) in [6, 6.07) is 9.19. The maximum Gasteiger partial charge on any atom is 0.157 e. The number of halogens is 1. The zero-order valence-electron chi connectivity index (χ0n) is 11.7. The van der Waals surface area contributed by atoms with E-state index in [2.05, 4.69) is 66.3 Å². The molecule has 2 nitrogen and oxygen atoms in total. The lowest BCUT2D eigenvalue weighted by Crippen LogP contribution is -2.30. The molecule has 0 saturated heterocycles. The zero-order chi connectivity index (χ0) is 13.8. The first-order chi connectivity index (χ1) is 9.06. The Labute approximate surface area is 128 Å². The quantitative estimate of drug-likeness (QED) is 0.868. The smallest absolute Gasteiger partial charge is 0.157 e. The second-order valence-electron chi connectivity index (χ2n) is 5.30. The van der Waals surface area contributed by atoms with Crippen LogP contribution in [-0.4, -0.2) is 17.0 Å². The maximum atomic E-state index is 4.83. The van der Waals surface area contributed by atoms with E-state index in [0.29, 0.717) is 12.0 Å². The van der Waals surface area contributed by atoms with Gasteiger partial charge >= 0.3 is 0 Å². The fraction of sp³-hybridized carbons (Fsp3) is 0.533. The summed E-state index contributed by atoms with van der Waals surface area (Å²) >= 11 is 5.36. The Kier molecular flexibility index (Phi) is 5.34. The van der Waals surface area contributed by atoms with Crippen molar-refractivity contribution in [2.24, 2.45) is 10.9 Å². The van der Waals surface area contributed by atoms with Gasteiger partial charge in [0.2, 0.25) is 0 Å². The Morgan fingerprint density at radius 3 is 2.84 bits per heavy atom. The predicted molar refractivity (Wildman–Crippen MR) is 88.8 cm³/mol. The number of rotatable bonds is 3. The summed E-state index contributed by atoms with van der Waals surface area (Å²) in [6.07, 6.45) is 1.19. The molecule has 0 saturated carbocycles. The van der Waals surface area contributed by atoms with E-state index in [1.807, 2.05) is 11.8 Å². The van der Waals surface area contributed by atoms with Gasteiger partial charge in [0.1, 0.15) is 0 Å². The molecule has 0 fully saturated rings. The summed E-state index contributed by atoms with van der Waals surface area (Å²) < 4.78 is 1.12. The van der Waals surface area contributed by atoms with Crippen LogP contribution in [0.5, 0.6) is 0 Å². The van der Waals surface area contributed by atoms with E-state index in [0.717, 1.165) is 9.64 Å². The highest BCUT2D eigenvalue weighted by Gasteiger charge is 2.19. The van der Waals surface area contributed by atoms with E-state index >= 15 is 0 Å². The summed E-state index contributed by atoms with van der Waals surface area (Å²) in [5, 5.41) is 4.63. The summed E-state index contributed by atoms with van der Waals surface area (Å²) in [5.74, 6) is 1.79. The SMILES string of the molecule is CC(NC1=NC(C(C)C)CCS1)c1cccc(Br)c1. The van der Waals surface area contributed by atoms with Gasteiger partial charge in [0.15, 0.2) is 5.17 Å². The van der Waals surface area contributed by atoms with Gasteiger partial charge in [-0.2, -0.15) is 0 Å². The zero-order valence-corrected chi connectivity index (χ0v) is 14.1. The minimum absolute atomic E-state index is 0.287. The van der Waals surface area contributed by atoms with Gasteiger partial charge < -0.3 is 5.32 Å².